The number of hydrogen-bond acceptors (Lipinski definition) is 3. The molecule has 1 fully saturated rings. The van der Waals surface area contributed by atoms with Crippen molar-refractivity contribution in [3.63, 3.8) is 0 Å². The molecule has 1 saturated carbocycles. The molecule has 0 aromatic heterocycles. The van der Waals surface area contributed by atoms with Crippen molar-refractivity contribution in [1.29, 1.82) is 0 Å². The van der Waals surface area contributed by atoms with Gasteiger partial charge in [-0.2, -0.15) is 0 Å². The van der Waals surface area contributed by atoms with E-state index in [-0.39, 0.29) is 11.1 Å². The van der Waals surface area contributed by atoms with Gasteiger partial charge in [0.2, 0.25) is 0 Å². The Hall–Kier alpha value is -1.03. The average Bonchev–Trinajstić information content (AvgIpc) is 2.33. The fraction of sp³-hybridized carbons (Fsp3) is 0.417. The first-order valence-corrected chi connectivity index (χ1v) is 6.30. The summed E-state index contributed by atoms with van der Waals surface area (Å²) in [6, 6.07) is 6.45. The Morgan fingerprint density at radius 2 is 2.00 bits per heavy atom. The van der Waals surface area contributed by atoms with Crippen LogP contribution in [0.15, 0.2) is 34.3 Å². The van der Waals surface area contributed by atoms with E-state index in [1.165, 1.54) is 12.1 Å². The molecule has 1 N–H and O–H groups in total. The number of oxime groups is 1. The highest BCUT2D eigenvalue weighted by Gasteiger charge is 2.21. The van der Waals surface area contributed by atoms with Crippen LogP contribution in [0.2, 0.25) is 0 Å². The van der Waals surface area contributed by atoms with Crippen molar-refractivity contribution in [3.8, 4) is 0 Å². The fourth-order valence-corrected chi connectivity index (χ4v) is 3.09. The van der Waals surface area contributed by atoms with Gasteiger partial charge in [0.05, 0.1) is 11.0 Å². The molecule has 2 nitrogen and oxygen atoms in total. The maximum Gasteiger partial charge on any atom is 0.123 e. The Morgan fingerprint density at radius 3 is 2.69 bits per heavy atom. The lowest BCUT2D eigenvalue weighted by Gasteiger charge is -2.22. The van der Waals surface area contributed by atoms with Crippen LogP contribution in [0.4, 0.5) is 4.39 Å². The summed E-state index contributed by atoms with van der Waals surface area (Å²) in [4.78, 5) is 1.02. The quantitative estimate of drug-likeness (QED) is 0.630. The first-order valence-electron chi connectivity index (χ1n) is 5.42. The summed E-state index contributed by atoms with van der Waals surface area (Å²) in [6.07, 6.45) is 4.16. The zero-order valence-electron chi connectivity index (χ0n) is 8.90. The van der Waals surface area contributed by atoms with Gasteiger partial charge in [-0.05, 0) is 43.5 Å². The second-order valence-electron chi connectivity index (χ2n) is 3.90. The van der Waals surface area contributed by atoms with Crippen molar-refractivity contribution in [1.82, 2.24) is 0 Å². The molecule has 16 heavy (non-hydrogen) atoms. The van der Waals surface area contributed by atoms with Gasteiger partial charge in [0.1, 0.15) is 5.82 Å². The lowest BCUT2D eigenvalue weighted by Crippen LogP contribution is -2.21. The lowest BCUT2D eigenvalue weighted by atomic mass is 9.98. The van der Waals surface area contributed by atoms with Gasteiger partial charge < -0.3 is 5.21 Å². The van der Waals surface area contributed by atoms with E-state index in [0.717, 1.165) is 36.3 Å². The Bertz CT molecular complexity index is 377. The topological polar surface area (TPSA) is 32.6 Å². The highest BCUT2D eigenvalue weighted by Crippen LogP contribution is 2.32. The molecule has 0 radical (unpaired) electrons. The largest absolute Gasteiger partial charge is 0.411 e. The van der Waals surface area contributed by atoms with Crippen LogP contribution in [-0.4, -0.2) is 16.2 Å². The van der Waals surface area contributed by atoms with Crippen molar-refractivity contribution >= 4 is 17.5 Å². The van der Waals surface area contributed by atoms with Crippen LogP contribution < -0.4 is 0 Å². The van der Waals surface area contributed by atoms with E-state index in [9.17, 15) is 4.39 Å². The van der Waals surface area contributed by atoms with E-state index in [4.69, 9.17) is 5.21 Å². The van der Waals surface area contributed by atoms with Crippen LogP contribution in [0, 0.1) is 5.82 Å². The van der Waals surface area contributed by atoms with Gasteiger partial charge in [-0.3, -0.25) is 0 Å². The molecule has 0 unspecified atom stereocenters. The average molecular weight is 239 g/mol. The third-order valence-corrected chi connectivity index (χ3v) is 4.08. The highest BCUT2D eigenvalue weighted by atomic mass is 32.2. The minimum absolute atomic E-state index is 0.218. The first kappa shape index (κ1) is 11.5. The fourth-order valence-electron chi connectivity index (χ4n) is 1.88. The van der Waals surface area contributed by atoms with E-state index < -0.39 is 0 Å². The van der Waals surface area contributed by atoms with E-state index >= 15 is 0 Å². The molecule has 0 spiro atoms. The zero-order chi connectivity index (χ0) is 11.4. The van der Waals surface area contributed by atoms with Crippen molar-refractivity contribution in [2.75, 3.05) is 0 Å². The molecule has 1 aromatic rings. The van der Waals surface area contributed by atoms with Crippen LogP contribution in [-0.2, 0) is 0 Å². The zero-order valence-corrected chi connectivity index (χ0v) is 9.71. The Balaban J connectivity index is 2.05. The summed E-state index contributed by atoms with van der Waals surface area (Å²) in [7, 11) is 0. The summed E-state index contributed by atoms with van der Waals surface area (Å²) < 4.78 is 12.7. The molecule has 1 aliphatic rings. The monoisotopic (exact) mass is 239 g/mol. The molecular weight excluding hydrogens is 225 g/mol. The number of nitrogens with zero attached hydrogens (tertiary/aromatic N) is 1. The molecule has 2 rings (SSSR count). The molecule has 1 aromatic carbocycles. The lowest BCUT2D eigenvalue weighted by molar-refractivity contribution is 0.314. The van der Waals surface area contributed by atoms with Crippen molar-refractivity contribution in [2.24, 2.45) is 5.16 Å². The first-order chi connectivity index (χ1) is 7.79. The predicted octanol–water partition coefficient (Wildman–Crippen LogP) is 3.69. The molecule has 0 heterocycles. The highest BCUT2D eigenvalue weighted by molar-refractivity contribution is 8.00. The summed E-state index contributed by atoms with van der Waals surface area (Å²) in [5.41, 5.74) is 0.862. The van der Waals surface area contributed by atoms with E-state index in [0.29, 0.717) is 0 Å². The van der Waals surface area contributed by atoms with Crippen molar-refractivity contribution < 1.29 is 9.60 Å². The van der Waals surface area contributed by atoms with Gasteiger partial charge in [-0.25, -0.2) is 4.39 Å². The molecule has 0 saturated heterocycles. The van der Waals surface area contributed by atoms with Gasteiger partial charge in [0.15, 0.2) is 0 Å². The van der Waals surface area contributed by atoms with Crippen LogP contribution in [0.3, 0.4) is 0 Å². The van der Waals surface area contributed by atoms with Gasteiger partial charge >= 0.3 is 0 Å². The number of rotatable bonds is 2. The molecule has 86 valence electrons. The minimum Gasteiger partial charge on any atom is -0.411 e. The van der Waals surface area contributed by atoms with Gasteiger partial charge in [0, 0.05) is 4.90 Å². The summed E-state index contributed by atoms with van der Waals surface area (Å²) in [5, 5.41) is 12.5. The van der Waals surface area contributed by atoms with Gasteiger partial charge in [0.25, 0.3) is 0 Å². The van der Waals surface area contributed by atoms with Crippen LogP contribution in [0.1, 0.15) is 25.7 Å². The second-order valence-corrected chi connectivity index (χ2v) is 5.17. The van der Waals surface area contributed by atoms with Gasteiger partial charge in [-0.15, -0.1) is 11.8 Å². The number of thioether (sulfide) groups is 1. The maximum atomic E-state index is 12.7. The van der Waals surface area contributed by atoms with Crippen LogP contribution in [0.5, 0.6) is 0 Å². The second kappa shape index (κ2) is 5.34. The van der Waals surface area contributed by atoms with Crippen LogP contribution in [0.25, 0.3) is 0 Å². The molecule has 0 aliphatic heterocycles. The normalized spacial score (nSPS) is 23.6. The molecule has 4 heteroatoms. The smallest absolute Gasteiger partial charge is 0.123 e. The van der Waals surface area contributed by atoms with Gasteiger partial charge in [-0.1, -0.05) is 11.6 Å². The molecule has 1 aliphatic carbocycles. The molecular formula is C12H14FNOS. The third-order valence-electron chi connectivity index (χ3n) is 2.74. The van der Waals surface area contributed by atoms with E-state index in [1.54, 1.807) is 23.9 Å². The Kier molecular flexibility index (Phi) is 3.83. The van der Waals surface area contributed by atoms with E-state index in [1.807, 2.05) is 0 Å². The van der Waals surface area contributed by atoms with Crippen molar-refractivity contribution in [3.05, 3.63) is 30.1 Å². The number of halogens is 1. The SMILES string of the molecule is O/N=C1\CCCC[C@@H]1Sc1ccc(F)cc1. The van der Waals surface area contributed by atoms with Crippen LogP contribution >= 0.6 is 11.8 Å². The molecule has 1 atom stereocenters. The summed E-state index contributed by atoms with van der Waals surface area (Å²) in [5.74, 6) is -0.218. The summed E-state index contributed by atoms with van der Waals surface area (Å²) >= 11 is 1.65. The number of benzene rings is 1. The third kappa shape index (κ3) is 2.76. The Labute approximate surface area is 98.5 Å². The molecule has 0 amide bonds. The minimum atomic E-state index is -0.218. The molecule has 0 bridgehead atoms. The Morgan fingerprint density at radius 1 is 1.25 bits per heavy atom. The maximum absolute atomic E-state index is 12.7. The van der Waals surface area contributed by atoms with Crippen molar-refractivity contribution in [2.45, 2.75) is 35.8 Å². The summed E-state index contributed by atoms with van der Waals surface area (Å²) in [6.45, 7) is 0. The van der Waals surface area contributed by atoms with E-state index in [2.05, 4.69) is 5.16 Å². The predicted molar refractivity (Wildman–Crippen MR) is 63.7 cm³/mol. The standard InChI is InChI=1S/C12H14FNOS/c13-9-5-7-10(8-6-9)16-12-4-2-1-3-11(12)14-15/h5-8,12,15H,1-4H2/b14-11+/t12-/m0/s1. The number of hydrogen-bond donors (Lipinski definition) is 1.